The summed E-state index contributed by atoms with van der Waals surface area (Å²) in [5.41, 5.74) is 0. The highest BCUT2D eigenvalue weighted by molar-refractivity contribution is 7.89. The Labute approximate surface area is 130 Å². The second-order valence-corrected chi connectivity index (χ2v) is 7.61. The minimum absolute atomic E-state index is 0.0593. The van der Waals surface area contributed by atoms with Crippen molar-refractivity contribution in [1.82, 2.24) is 4.72 Å². The summed E-state index contributed by atoms with van der Waals surface area (Å²) < 4.78 is 26.8. The number of halogens is 1. The zero-order valence-electron chi connectivity index (χ0n) is 12.0. The average Bonchev–Trinajstić information content (AvgIpc) is 2.35. The minimum Gasteiger partial charge on any atom is -0.481 e. The van der Waals surface area contributed by atoms with Gasteiger partial charge in [0.2, 0.25) is 10.0 Å². The van der Waals surface area contributed by atoms with Crippen LogP contribution in [0, 0.1) is 11.8 Å². The Kier molecular flexibility index (Phi) is 6.64. The van der Waals surface area contributed by atoms with E-state index in [1.54, 1.807) is 12.1 Å². The lowest BCUT2D eigenvalue weighted by molar-refractivity contribution is -0.138. The van der Waals surface area contributed by atoms with Gasteiger partial charge in [0, 0.05) is 18.0 Å². The van der Waals surface area contributed by atoms with Crippen LogP contribution in [0.15, 0.2) is 29.2 Å². The number of carbonyl (C=O) groups is 1. The van der Waals surface area contributed by atoms with E-state index in [1.807, 2.05) is 13.8 Å². The van der Waals surface area contributed by atoms with Gasteiger partial charge in [-0.1, -0.05) is 31.5 Å². The Morgan fingerprint density at radius 2 is 2.05 bits per heavy atom. The van der Waals surface area contributed by atoms with Crippen LogP contribution in [0.2, 0.25) is 5.02 Å². The lowest BCUT2D eigenvalue weighted by atomic mass is 9.94. The van der Waals surface area contributed by atoms with E-state index in [0.717, 1.165) is 0 Å². The number of carboxylic acid groups (broad SMARTS) is 1. The number of benzene rings is 1. The van der Waals surface area contributed by atoms with E-state index in [9.17, 15) is 13.2 Å². The maximum atomic E-state index is 12.1. The van der Waals surface area contributed by atoms with Crippen molar-refractivity contribution in [2.75, 3.05) is 6.54 Å². The molecule has 0 unspecified atom stereocenters. The second kappa shape index (κ2) is 7.77. The highest BCUT2D eigenvalue weighted by Gasteiger charge is 2.20. The molecular weight excluding hydrogens is 314 g/mol. The van der Waals surface area contributed by atoms with Crippen molar-refractivity contribution in [3.05, 3.63) is 29.3 Å². The van der Waals surface area contributed by atoms with Gasteiger partial charge in [-0.25, -0.2) is 13.1 Å². The molecule has 7 heteroatoms. The lowest BCUT2D eigenvalue weighted by Crippen LogP contribution is -2.31. The quantitative estimate of drug-likeness (QED) is 0.766. The molecule has 1 atom stereocenters. The lowest BCUT2D eigenvalue weighted by Gasteiger charge is -2.18. The molecule has 0 aliphatic heterocycles. The molecule has 0 bridgehead atoms. The first-order valence-electron chi connectivity index (χ1n) is 6.67. The molecular formula is C14H20ClNO4S. The van der Waals surface area contributed by atoms with Crippen molar-refractivity contribution < 1.29 is 18.3 Å². The first-order chi connectivity index (χ1) is 9.70. The van der Waals surface area contributed by atoms with E-state index in [-0.39, 0.29) is 23.8 Å². The number of carboxylic acids is 1. The van der Waals surface area contributed by atoms with Gasteiger partial charge in [0.1, 0.15) is 0 Å². The Morgan fingerprint density at radius 3 is 2.57 bits per heavy atom. The molecule has 21 heavy (non-hydrogen) atoms. The molecule has 5 nitrogen and oxygen atoms in total. The summed E-state index contributed by atoms with van der Waals surface area (Å²) in [7, 11) is -3.68. The summed E-state index contributed by atoms with van der Waals surface area (Å²) in [5.74, 6) is -0.871. The van der Waals surface area contributed by atoms with Crippen LogP contribution < -0.4 is 4.72 Å². The van der Waals surface area contributed by atoms with E-state index in [4.69, 9.17) is 16.7 Å². The Morgan fingerprint density at radius 1 is 1.38 bits per heavy atom. The molecule has 0 aliphatic rings. The van der Waals surface area contributed by atoms with Gasteiger partial charge >= 0.3 is 5.97 Å². The molecule has 0 spiro atoms. The van der Waals surface area contributed by atoms with Crippen LogP contribution in [0.3, 0.4) is 0 Å². The monoisotopic (exact) mass is 333 g/mol. The zero-order valence-corrected chi connectivity index (χ0v) is 13.6. The molecule has 0 amide bonds. The second-order valence-electron chi connectivity index (χ2n) is 5.40. The molecule has 118 valence electrons. The van der Waals surface area contributed by atoms with Gasteiger partial charge < -0.3 is 5.11 Å². The van der Waals surface area contributed by atoms with Crippen LogP contribution >= 0.6 is 11.6 Å². The number of rotatable bonds is 8. The predicted molar refractivity (Wildman–Crippen MR) is 81.8 cm³/mol. The Balaban J connectivity index is 2.75. The van der Waals surface area contributed by atoms with E-state index in [0.29, 0.717) is 17.4 Å². The van der Waals surface area contributed by atoms with Crippen molar-refractivity contribution >= 4 is 27.6 Å². The van der Waals surface area contributed by atoms with Crippen LogP contribution in [-0.2, 0) is 14.8 Å². The molecule has 0 radical (unpaired) electrons. The number of nitrogens with one attached hydrogen (secondary N) is 1. The summed E-state index contributed by atoms with van der Waals surface area (Å²) in [6.07, 6.45) is 0.584. The van der Waals surface area contributed by atoms with E-state index >= 15 is 0 Å². The van der Waals surface area contributed by atoms with Crippen LogP contribution in [-0.4, -0.2) is 26.0 Å². The maximum absolute atomic E-state index is 12.1. The molecule has 1 rings (SSSR count). The Bertz CT molecular complexity index is 586. The summed E-state index contributed by atoms with van der Waals surface area (Å²) in [6.45, 7) is 4.04. The van der Waals surface area contributed by atoms with Crippen LogP contribution in [0.25, 0.3) is 0 Å². The van der Waals surface area contributed by atoms with Gasteiger partial charge in [-0.3, -0.25) is 4.79 Å². The topological polar surface area (TPSA) is 83.5 Å². The molecule has 1 aromatic carbocycles. The molecule has 1 aromatic rings. The van der Waals surface area contributed by atoms with E-state index in [1.165, 1.54) is 12.1 Å². The highest BCUT2D eigenvalue weighted by atomic mass is 35.5. The third-order valence-corrected chi connectivity index (χ3v) is 4.59. The Hall–Kier alpha value is -1.11. The predicted octanol–water partition coefficient (Wildman–Crippen LogP) is 2.76. The summed E-state index contributed by atoms with van der Waals surface area (Å²) in [4.78, 5) is 10.9. The van der Waals surface area contributed by atoms with Crippen molar-refractivity contribution in [2.24, 2.45) is 11.8 Å². The molecule has 0 saturated heterocycles. The fraction of sp³-hybridized carbons (Fsp3) is 0.500. The van der Waals surface area contributed by atoms with Gasteiger partial charge in [0.25, 0.3) is 0 Å². The number of hydrogen-bond acceptors (Lipinski definition) is 3. The molecule has 0 aliphatic carbocycles. The molecule has 0 aromatic heterocycles. The number of hydrogen-bond donors (Lipinski definition) is 2. The van der Waals surface area contributed by atoms with Gasteiger partial charge in [-0.2, -0.15) is 0 Å². The largest absolute Gasteiger partial charge is 0.481 e. The van der Waals surface area contributed by atoms with Crippen molar-refractivity contribution in [3.8, 4) is 0 Å². The maximum Gasteiger partial charge on any atom is 0.303 e. The van der Waals surface area contributed by atoms with Crippen molar-refractivity contribution in [2.45, 2.75) is 31.6 Å². The standard InChI is InChI=1S/C14H20ClNO4S/c1-10(2)6-11(7-14(17)18)9-16-21(19,20)13-5-3-4-12(15)8-13/h3-5,8,10-11,16H,6-7,9H2,1-2H3,(H,17,18)/t11-/m0/s1. The normalized spacial score (nSPS) is 13.3. The average molecular weight is 334 g/mol. The summed E-state index contributed by atoms with van der Waals surface area (Å²) >= 11 is 5.78. The van der Waals surface area contributed by atoms with E-state index < -0.39 is 16.0 Å². The highest BCUT2D eigenvalue weighted by Crippen LogP contribution is 2.18. The fourth-order valence-electron chi connectivity index (χ4n) is 2.10. The van der Waals surface area contributed by atoms with Crippen molar-refractivity contribution in [1.29, 1.82) is 0 Å². The minimum atomic E-state index is -3.68. The number of aliphatic carboxylic acids is 1. The van der Waals surface area contributed by atoms with Gasteiger partial charge in [0.05, 0.1) is 4.90 Å². The molecule has 0 heterocycles. The molecule has 2 N–H and O–H groups in total. The van der Waals surface area contributed by atoms with Gasteiger partial charge in [0.15, 0.2) is 0 Å². The van der Waals surface area contributed by atoms with Crippen molar-refractivity contribution in [3.63, 3.8) is 0 Å². The smallest absolute Gasteiger partial charge is 0.303 e. The SMILES string of the molecule is CC(C)C[C@H](CNS(=O)(=O)c1cccc(Cl)c1)CC(=O)O. The number of sulfonamides is 1. The molecule has 0 fully saturated rings. The molecule has 0 saturated carbocycles. The first-order valence-corrected chi connectivity index (χ1v) is 8.54. The zero-order chi connectivity index (χ0) is 16.0. The van der Waals surface area contributed by atoms with Gasteiger partial charge in [-0.15, -0.1) is 0 Å². The van der Waals surface area contributed by atoms with Crippen LogP contribution in [0.4, 0.5) is 0 Å². The third-order valence-electron chi connectivity index (χ3n) is 2.94. The third kappa shape index (κ3) is 6.46. The summed E-state index contributed by atoms with van der Waals surface area (Å²) in [6, 6.07) is 5.95. The summed E-state index contributed by atoms with van der Waals surface area (Å²) in [5, 5.41) is 9.22. The van der Waals surface area contributed by atoms with E-state index in [2.05, 4.69) is 4.72 Å². The fourth-order valence-corrected chi connectivity index (χ4v) is 3.51. The van der Waals surface area contributed by atoms with Crippen LogP contribution in [0.5, 0.6) is 0 Å². The van der Waals surface area contributed by atoms with Gasteiger partial charge in [-0.05, 0) is 36.5 Å². The van der Waals surface area contributed by atoms with Crippen LogP contribution in [0.1, 0.15) is 26.7 Å². The first kappa shape index (κ1) is 17.9.